The van der Waals surface area contributed by atoms with Crippen molar-refractivity contribution in [2.24, 2.45) is 0 Å². The van der Waals surface area contributed by atoms with Crippen LogP contribution in [0.1, 0.15) is 10.5 Å². The van der Waals surface area contributed by atoms with Crippen LogP contribution in [0.3, 0.4) is 0 Å². The van der Waals surface area contributed by atoms with Gasteiger partial charge in [-0.05, 0) is 30.3 Å². The third-order valence-electron chi connectivity index (χ3n) is 4.34. The summed E-state index contributed by atoms with van der Waals surface area (Å²) < 4.78 is 54.4. The fraction of sp³-hybridized carbons (Fsp3) is 0.412. The molecule has 11 heteroatoms. The molecule has 0 spiro atoms. The van der Waals surface area contributed by atoms with Crippen molar-refractivity contribution in [1.82, 2.24) is 25.3 Å². The molecule has 0 saturated carbocycles. The Morgan fingerprint density at radius 1 is 1.18 bits per heavy atom. The van der Waals surface area contributed by atoms with E-state index in [-0.39, 0.29) is 31.2 Å². The number of hydrogen-bond acceptors (Lipinski definition) is 4. The largest absolute Gasteiger partial charge is 0.405 e. The van der Waals surface area contributed by atoms with E-state index in [0.717, 1.165) is 0 Å². The molecule has 2 heterocycles. The molecule has 1 amide bonds. The number of halogens is 5. The van der Waals surface area contributed by atoms with Gasteiger partial charge in [0, 0.05) is 38.9 Å². The van der Waals surface area contributed by atoms with Crippen LogP contribution >= 0.6 is 12.4 Å². The van der Waals surface area contributed by atoms with Crippen molar-refractivity contribution in [3.63, 3.8) is 0 Å². The number of nitrogens with zero attached hydrogens (tertiary/aromatic N) is 3. The van der Waals surface area contributed by atoms with Crippen LogP contribution in [0.4, 0.5) is 17.6 Å². The second kappa shape index (κ2) is 9.35. The van der Waals surface area contributed by atoms with E-state index in [1.807, 2.05) is 0 Å². The number of carbonyl (C=O) groups excluding carboxylic acids is 1. The number of rotatable bonds is 5. The maximum Gasteiger partial charge on any atom is 0.405 e. The molecule has 1 aliphatic heterocycles. The summed E-state index contributed by atoms with van der Waals surface area (Å²) in [6.07, 6.45) is -2.96. The summed E-state index contributed by atoms with van der Waals surface area (Å²) in [6.45, 7) is 0.926. The predicted octanol–water partition coefficient (Wildman–Crippen LogP) is 2.00. The van der Waals surface area contributed by atoms with Gasteiger partial charge in [0.05, 0.1) is 5.69 Å². The van der Waals surface area contributed by atoms with Crippen molar-refractivity contribution in [2.75, 3.05) is 32.7 Å². The smallest absolute Gasteiger partial charge is 0.349 e. The van der Waals surface area contributed by atoms with E-state index in [9.17, 15) is 22.4 Å². The molecule has 6 nitrogen and oxygen atoms in total. The topological polar surface area (TPSA) is 62.2 Å². The molecule has 0 radical (unpaired) electrons. The van der Waals surface area contributed by atoms with E-state index in [1.165, 1.54) is 46.1 Å². The zero-order valence-electron chi connectivity index (χ0n) is 14.7. The van der Waals surface area contributed by atoms with Crippen LogP contribution in [0.15, 0.2) is 36.5 Å². The summed E-state index contributed by atoms with van der Waals surface area (Å²) in [5.41, 5.74) is 0.519. The summed E-state index contributed by atoms with van der Waals surface area (Å²) in [5, 5.41) is 9.36. The number of alkyl halides is 3. The number of benzene rings is 1. The van der Waals surface area contributed by atoms with Gasteiger partial charge in [0.2, 0.25) is 0 Å². The van der Waals surface area contributed by atoms with Gasteiger partial charge in [-0.3, -0.25) is 9.69 Å². The molecule has 1 unspecified atom stereocenters. The zero-order chi connectivity index (χ0) is 19.4. The Kier molecular flexibility index (Phi) is 7.39. The van der Waals surface area contributed by atoms with Gasteiger partial charge in [0.1, 0.15) is 11.9 Å². The van der Waals surface area contributed by atoms with Crippen molar-refractivity contribution < 1.29 is 22.4 Å². The Labute approximate surface area is 165 Å². The first kappa shape index (κ1) is 22.1. The molecule has 0 bridgehead atoms. The SMILES string of the molecule is Cl.O=C(NCC(N1CCNCC1)C(F)(F)F)c1ccn(-c2ccc(F)cc2)n1. The molecule has 154 valence electrons. The molecular weight excluding hydrogens is 402 g/mol. The molecule has 1 saturated heterocycles. The van der Waals surface area contributed by atoms with Crippen molar-refractivity contribution in [2.45, 2.75) is 12.2 Å². The molecule has 2 N–H and O–H groups in total. The second-order valence-corrected chi connectivity index (χ2v) is 6.18. The summed E-state index contributed by atoms with van der Waals surface area (Å²) >= 11 is 0. The average molecular weight is 422 g/mol. The minimum atomic E-state index is -4.45. The van der Waals surface area contributed by atoms with Crippen molar-refractivity contribution in [3.05, 3.63) is 48.0 Å². The number of aromatic nitrogens is 2. The highest BCUT2D eigenvalue weighted by Crippen LogP contribution is 2.24. The first-order valence-electron chi connectivity index (χ1n) is 8.46. The van der Waals surface area contributed by atoms with Gasteiger partial charge in [0.25, 0.3) is 5.91 Å². The lowest BCUT2D eigenvalue weighted by molar-refractivity contribution is -0.183. The van der Waals surface area contributed by atoms with Gasteiger partial charge in [-0.15, -0.1) is 12.4 Å². The van der Waals surface area contributed by atoms with Gasteiger partial charge >= 0.3 is 6.18 Å². The van der Waals surface area contributed by atoms with Gasteiger partial charge in [-0.25, -0.2) is 9.07 Å². The maximum absolute atomic E-state index is 13.4. The Morgan fingerprint density at radius 2 is 1.82 bits per heavy atom. The molecule has 28 heavy (non-hydrogen) atoms. The maximum atomic E-state index is 13.4. The lowest BCUT2D eigenvalue weighted by Gasteiger charge is -2.35. The summed E-state index contributed by atoms with van der Waals surface area (Å²) in [7, 11) is 0. The summed E-state index contributed by atoms with van der Waals surface area (Å²) in [5.74, 6) is -1.10. The van der Waals surface area contributed by atoms with E-state index in [2.05, 4.69) is 15.7 Å². The molecule has 1 aliphatic rings. The van der Waals surface area contributed by atoms with Crippen LogP contribution in [0.5, 0.6) is 0 Å². The van der Waals surface area contributed by atoms with E-state index < -0.39 is 30.5 Å². The molecular formula is C17H20ClF4N5O. The monoisotopic (exact) mass is 421 g/mol. The fourth-order valence-corrected chi connectivity index (χ4v) is 2.91. The minimum absolute atomic E-state index is 0. The van der Waals surface area contributed by atoms with Crippen molar-refractivity contribution in [3.8, 4) is 5.69 Å². The Morgan fingerprint density at radius 3 is 2.43 bits per heavy atom. The van der Waals surface area contributed by atoms with Gasteiger partial charge in [-0.1, -0.05) is 0 Å². The highest BCUT2D eigenvalue weighted by molar-refractivity contribution is 5.92. The highest BCUT2D eigenvalue weighted by Gasteiger charge is 2.43. The number of nitrogens with one attached hydrogen (secondary N) is 2. The van der Waals surface area contributed by atoms with E-state index in [4.69, 9.17) is 0 Å². The van der Waals surface area contributed by atoms with E-state index in [1.54, 1.807) is 0 Å². The number of amides is 1. The molecule has 1 atom stereocenters. The Balaban J connectivity index is 0.00000280. The van der Waals surface area contributed by atoms with Crippen molar-refractivity contribution >= 4 is 18.3 Å². The van der Waals surface area contributed by atoms with Crippen LogP contribution in [-0.2, 0) is 0 Å². The number of carbonyl (C=O) groups is 1. The lowest BCUT2D eigenvalue weighted by atomic mass is 10.2. The lowest BCUT2D eigenvalue weighted by Crippen LogP contribution is -2.57. The third-order valence-corrected chi connectivity index (χ3v) is 4.34. The molecule has 0 aliphatic carbocycles. The fourth-order valence-electron chi connectivity index (χ4n) is 2.91. The van der Waals surface area contributed by atoms with Crippen LogP contribution in [0.2, 0.25) is 0 Å². The van der Waals surface area contributed by atoms with Gasteiger partial charge < -0.3 is 10.6 Å². The van der Waals surface area contributed by atoms with Gasteiger partial charge in [0.15, 0.2) is 5.69 Å². The first-order chi connectivity index (χ1) is 12.8. The van der Waals surface area contributed by atoms with E-state index >= 15 is 0 Å². The average Bonchev–Trinajstić information content (AvgIpc) is 3.12. The first-order valence-corrected chi connectivity index (χ1v) is 8.46. The van der Waals surface area contributed by atoms with Gasteiger partial charge in [-0.2, -0.15) is 18.3 Å². The normalized spacial score (nSPS) is 16.3. The number of piperazine rings is 1. The van der Waals surface area contributed by atoms with Crippen LogP contribution in [0, 0.1) is 5.82 Å². The quantitative estimate of drug-likeness (QED) is 0.725. The van der Waals surface area contributed by atoms with E-state index in [0.29, 0.717) is 18.8 Å². The Hall–Kier alpha value is -2.17. The highest BCUT2D eigenvalue weighted by atomic mass is 35.5. The minimum Gasteiger partial charge on any atom is -0.349 e. The second-order valence-electron chi connectivity index (χ2n) is 6.18. The van der Waals surface area contributed by atoms with Crippen LogP contribution in [0.25, 0.3) is 5.69 Å². The third kappa shape index (κ3) is 5.43. The molecule has 1 fully saturated rings. The predicted molar refractivity (Wildman–Crippen MR) is 97.4 cm³/mol. The Bertz CT molecular complexity index is 775. The molecule has 1 aromatic carbocycles. The standard InChI is InChI=1S/C17H19F4N5O.ClH/c18-12-1-3-13(4-2-12)26-8-5-14(24-26)16(27)23-11-15(17(19,20)21)25-9-6-22-7-10-25;/h1-5,8,15,22H,6-7,9-11H2,(H,23,27);1H. The molecule has 3 rings (SSSR count). The molecule has 2 aromatic rings. The van der Waals surface area contributed by atoms with Crippen LogP contribution < -0.4 is 10.6 Å². The summed E-state index contributed by atoms with van der Waals surface area (Å²) in [4.78, 5) is 13.5. The van der Waals surface area contributed by atoms with Crippen molar-refractivity contribution in [1.29, 1.82) is 0 Å². The molecule has 1 aromatic heterocycles. The zero-order valence-corrected chi connectivity index (χ0v) is 15.6. The van der Waals surface area contributed by atoms with Crippen LogP contribution in [-0.4, -0.2) is 65.5 Å². The summed E-state index contributed by atoms with van der Waals surface area (Å²) in [6, 6.07) is 5.10. The number of hydrogen-bond donors (Lipinski definition) is 2.